The Morgan fingerprint density at radius 1 is 1.33 bits per heavy atom. The quantitative estimate of drug-likeness (QED) is 0.360. The maximum Gasteiger partial charge on any atom is 0.205 e. The van der Waals surface area contributed by atoms with E-state index in [2.05, 4.69) is 60.8 Å². The number of thiophene rings is 1. The Balaban J connectivity index is 0.00000261. The Labute approximate surface area is 187 Å². The van der Waals surface area contributed by atoms with Crippen LogP contribution in [0.3, 0.4) is 0 Å². The van der Waals surface area contributed by atoms with Gasteiger partial charge < -0.3 is 15.1 Å². The summed E-state index contributed by atoms with van der Waals surface area (Å²) in [4.78, 5) is 15.2. The zero-order valence-electron chi connectivity index (χ0n) is 16.2. The van der Waals surface area contributed by atoms with Gasteiger partial charge in [0.05, 0.1) is 0 Å². The van der Waals surface area contributed by atoms with Crippen molar-refractivity contribution in [1.29, 1.82) is 0 Å². The topological polar surface area (TPSA) is 56.7 Å². The zero-order valence-corrected chi connectivity index (χ0v) is 20.2. The van der Waals surface area contributed by atoms with Crippen LogP contribution in [0.1, 0.15) is 24.5 Å². The molecule has 0 aromatic carbocycles. The number of aromatic nitrogens is 2. The molecule has 150 valence electrons. The van der Waals surface area contributed by atoms with Crippen LogP contribution in [0.25, 0.3) is 0 Å². The number of halogens is 1. The number of nitrogens with one attached hydrogen (secondary N) is 1. The van der Waals surface area contributed by atoms with E-state index in [1.807, 2.05) is 18.4 Å². The van der Waals surface area contributed by atoms with E-state index in [4.69, 9.17) is 0 Å². The van der Waals surface area contributed by atoms with Gasteiger partial charge in [-0.1, -0.05) is 19.9 Å². The SMILES string of the molecule is CCc1nsc(N2CCN(C(=NC)NCC(C)Cc3cccs3)CC2)n1.I. The van der Waals surface area contributed by atoms with Crippen molar-refractivity contribution < 1.29 is 0 Å². The first-order chi connectivity index (χ1) is 12.7. The van der Waals surface area contributed by atoms with Gasteiger partial charge in [0, 0.05) is 62.6 Å². The predicted molar refractivity (Wildman–Crippen MR) is 127 cm³/mol. The third kappa shape index (κ3) is 6.28. The Bertz CT molecular complexity index is 695. The minimum Gasteiger partial charge on any atom is -0.356 e. The first-order valence-electron chi connectivity index (χ1n) is 9.25. The minimum absolute atomic E-state index is 0. The third-order valence-electron chi connectivity index (χ3n) is 4.57. The molecular weight excluding hydrogens is 491 g/mol. The van der Waals surface area contributed by atoms with Gasteiger partial charge in [0.2, 0.25) is 5.13 Å². The summed E-state index contributed by atoms with van der Waals surface area (Å²) in [5.41, 5.74) is 0. The highest BCUT2D eigenvalue weighted by atomic mass is 127. The van der Waals surface area contributed by atoms with E-state index in [9.17, 15) is 0 Å². The zero-order chi connectivity index (χ0) is 18.4. The van der Waals surface area contributed by atoms with Crippen molar-refractivity contribution in [3.05, 3.63) is 28.2 Å². The lowest BCUT2D eigenvalue weighted by molar-refractivity contribution is 0.369. The first-order valence-corrected chi connectivity index (χ1v) is 10.9. The second-order valence-electron chi connectivity index (χ2n) is 6.64. The molecule has 1 N–H and O–H groups in total. The van der Waals surface area contributed by atoms with E-state index >= 15 is 0 Å². The molecule has 2 aromatic rings. The fourth-order valence-corrected chi connectivity index (χ4v) is 4.74. The molecule has 6 nitrogen and oxygen atoms in total. The van der Waals surface area contributed by atoms with E-state index in [0.29, 0.717) is 5.92 Å². The van der Waals surface area contributed by atoms with E-state index in [-0.39, 0.29) is 24.0 Å². The first kappa shape index (κ1) is 22.4. The number of piperazine rings is 1. The number of guanidine groups is 1. The fraction of sp³-hybridized carbons (Fsp3) is 0.611. The lowest BCUT2D eigenvalue weighted by Crippen LogP contribution is -2.53. The maximum atomic E-state index is 4.61. The van der Waals surface area contributed by atoms with Crippen molar-refractivity contribution in [2.45, 2.75) is 26.7 Å². The van der Waals surface area contributed by atoms with E-state index < -0.39 is 0 Å². The van der Waals surface area contributed by atoms with E-state index in [1.165, 1.54) is 16.4 Å². The molecule has 1 fully saturated rings. The van der Waals surface area contributed by atoms with Crippen LogP contribution in [0.2, 0.25) is 0 Å². The van der Waals surface area contributed by atoms with Crippen LogP contribution < -0.4 is 10.2 Å². The van der Waals surface area contributed by atoms with Crippen molar-refractivity contribution in [2.24, 2.45) is 10.9 Å². The van der Waals surface area contributed by atoms with Crippen LogP contribution >= 0.6 is 46.8 Å². The summed E-state index contributed by atoms with van der Waals surface area (Å²) in [5.74, 6) is 2.54. The van der Waals surface area contributed by atoms with Crippen LogP contribution in [0.5, 0.6) is 0 Å². The van der Waals surface area contributed by atoms with E-state index in [1.54, 1.807) is 0 Å². The molecule has 0 bridgehead atoms. The van der Waals surface area contributed by atoms with Crippen molar-refractivity contribution >= 4 is 57.9 Å². The molecule has 0 spiro atoms. The molecule has 0 saturated carbocycles. The van der Waals surface area contributed by atoms with Crippen LogP contribution in [0.15, 0.2) is 22.5 Å². The van der Waals surface area contributed by atoms with Crippen LogP contribution in [0, 0.1) is 5.92 Å². The molecule has 1 aliphatic rings. The smallest absolute Gasteiger partial charge is 0.205 e. The molecule has 9 heteroatoms. The van der Waals surface area contributed by atoms with Crippen LogP contribution in [0.4, 0.5) is 5.13 Å². The fourth-order valence-electron chi connectivity index (χ4n) is 3.07. The second kappa shape index (κ2) is 11.2. The molecule has 0 aliphatic carbocycles. The number of anilines is 1. The van der Waals surface area contributed by atoms with Crippen LogP contribution in [-0.2, 0) is 12.8 Å². The highest BCUT2D eigenvalue weighted by Crippen LogP contribution is 2.19. The lowest BCUT2D eigenvalue weighted by atomic mass is 10.1. The minimum atomic E-state index is 0. The summed E-state index contributed by atoms with van der Waals surface area (Å²) in [6, 6.07) is 4.34. The molecule has 1 unspecified atom stereocenters. The summed E-state index contributed by atoms with van der Waals surface area (Å²) < 4.78 is 4.40. The molecule has 1 atom stereocenters. The van der Waals surface area contributed by atoms with Crippen molar-refractivity contribution in [1.82, 2.24) is 19.6 Å². The molecule has 0 radical (unpaired) electrons. The van der Waals surface area contributed by atoms with Gasteiger partial charge in [-0.3, -0.25) is 4.99 Å². The summed E-state index contributed by atoms with van der Waals surface area (Å²) >= 11 is 3.35. The highest BCUT2D eigenvalue weighted by Gasteiger charge is 2.22. The van der Waals surface area contributed by atoms with Gasteiger partial charge in [0.25, 0.3) is 0 Å². The number of hydrogen-bond acceptors (Lipinski definition) is 6. The lowest BCUT2D eigenvalue weighted by Gasteiger charge is -2.36. The third-order valence-corrected chi connectivity index (χ3v) is 6.29. The summed E-state index contributed by atoms with van der Waals surface area (Å²) in [6.45, 7) is 9.17. The number of rotatable bonds is 6. The predicted octanol–water partition coefficient (Wildman–Crippen LogP) is 3.36. The molecular formula is C18H29IN6S2. The van der Waals surface area contributed by atoms with E-state index in [0.717, 1.165) is 62.5 Å². The summed E-state index contributed by atoms with van der Waals surface area (Å²) in [5, 5.41) is 6.75. The van der Waals surface area contributed by atoms with Gasteiger partial charge in [0.1, 0.15) is 5.82 Å². The van der Waals surface area contributed by atoms with Gasteiger partial charge in [-0.15, -0.1) is 35.3 Å². The van der Waals surface area contributed by atoms with Crippen molar-refractivity contribution in [3.63, 3.8) is 0 Å². The van der Waals surface area contributed by atoms with Gasteiger partial charge >= 0.3 is 0 Å². The van der Waals surface area contributed by atoms with Crippen molar-refractivity contribution in [3.8, 4) is 0 Å². The Morgan fingerprint density at radius 3 is 2.70 bits per heavy atom. The highest BCUT2D eigenvalue weighted by molar-refractivity contribution is 14.0. The molecule has 27 heavy (non-hydrogen) atoms. The number of hydrogen-bond donors (Lipinski definition) is 1. The number of nitrogens with zero attached hydrogens (tertiary/aromatic N) is 5. The molecule has 3 heterocycles. The normalized spacial score (nSPS) is 16.2. The number of aryl methyl sites for hydroxylation is 1. The summed E-state index contributed by atoms with van der Waals surface area (Å²) in [6.07, 6.45) is 2.02. The second-order valence-corrected chi connectivity index (χ2v) is 8.40. The Morgan fingerprint density at radius 2 is 2.11 bits per heavy atom. The van der Waals surface area contributed by atoms with Gasteiger partial charge in [-0.05, 0) is 23.8 Å². The van der Waals surface area contributed by atoms with Gasteiger partial charge in [0.15, 0.2) is 5.96 Å². The largest absolute Gasteiger partial charge is 0.356 e. The average molecular weight is 521 g/mol. The Hall–Kier alpha value is -0.940. The van der Waals surface area contributed by atoms with Gasteiger partial charge in [-0.25, -0.2) is 4.98 Å². The van der Waals surface area contributed by atoms with Crippen LogP contribution in [-0.4, -0.2) is 60.0 Å². The Kier molecular flexibility index (Phi) is 9.24. The van der Waals surface area contributed by atoms with Crippen molar-refractivity contribution in [2.75, 3.05) is 44.7 Å². The monoisotopic (exact) mass is 520 g/mol. The number of aliphatic imine (C=N–C) groups is 1. The van der Waals surface area contributed by atoms with Gasteiger partial charge in [-0.2, -0.15) is 4.37 Å². The molecule has 2 aromatic heterocycles. The standard InChI is InChI=1S/C18H28N6S2.HI/c1-4-16-21-18(26-22-16)24-9-7-23(8-10-24)17(19-3)20-13-14(2)12-15-6-5-11-25-15;/h5-6,11,14H,4,7-10,12-13H2,1-3H3,(H,19,20);1H. The summed E-state index contributed by atoms with van der Waals surface area (Å²) in [7, 11) is 1.87. The average Bonchev–Trinajstić information content (AvgIpc) is 3.34. The molecule has 1 aliphatic heterocycles. The molecule has 3 rings (SSSR count). The molecule has 0 amide bonds. The maximum absolute atomic E-state index is 4.61. The molecule has 1 saturated heterocycles.